The molecule has 20 heavy (non-hydrogen) atoms. The number of aliphatic carboxylic acids is 1. The minimum absolute atomic E-state index is 0.252. The lowest BCUT2D eigenvalue weighted by molar-refractivity contribution is -0.137. The molecule has 0 heterocycles. The molecule has 1 aliphatic carbocycles. The maximum atomic E-state index is 13.6. The summed E-state index contributed by atoms with van der Waals surface area (Å²) in [6.07, 6.45) is 0.804. The fourth-order valence-corrected chi connectivity index (χ4v) is 3.64. The maximum Gasteiger partial charge on any atom is 0.304 e. The average Bonchev–Trinajstić information content (AvgIpc) is 3.16. The van der Waals surface area contributed by atoms with E-state index in [2.05, 4.69) is 0 Å². The van der Waals surface area contributed by atoms with E-state index in [1.807, 2.05) is 0 Å². The first-order valence-electron chi connectivity index (χ1n) is 6.01. The molecule has 0 unspecified atom stereocenters. The quantitative estimate of drug-likeness (QED) is 0.866. The molecule has 1 aromatic carbocycles. The molecule has 1 aromatic rings. The van der Waals surface area contributed by atoms with Crippen LogP contribution in [0.4, 0.5) is 8.78 Å². The summed E-state index contributed by atoms with van der Waals surface area (Å²) >= 11 is 0. The van der Waals surface area contributed by atoms with Crippen LogP contribution in [0.3, 0.4) is 0 Å². The molecule has 5 nitrogen and oxygen atoms in total. The van der Waals surface area contributed by atoms with Crippen molar-refractivity contribution >= 4 is 16.0 Å². The highest BCUT2D eigenvalue weighted by Crippen LogP contribution is 2.33. The molecule has 0 saturated heterocycles. The zero-order valence-corrected chi connectivity index (χ0v) is 11.2. The third-order valence-corrected chi connectivity index (χ3v) is 4.97. The van der Waals surface area contributed by atoms with Crippen molar-refractivity contribution in [3.8, 4) is 0 Å². The summed E-state index contributed by atoms with van der Waals surface area (Å²) in [6.45, 7) is -0.252. The number of rotatable bonds is 6. The van der Waals surface area contributed by atoms with E-state index in [-0.39, 0.29) is 19.0 Å². The monoisotopic (exact) mass is 305 g/mol. The second-order valence-electron chi connectivity index (χ2n) is 4.54. The van der Waals surface area contributed by atoms with Gasteiger partial charge in [-0.2, -0.15) is 4.31 Å². The van der Waals surface area contributed by atoms with Gasteiger partial charge in [-0.1, -0.05) is 6.07 Å². The third kappa shape index (κ3) is 2.96. The van der Waals surface area contributed by atoms with Crippen molar-refractivity contribution in [1.29, 1.82) is 0 Å². The first-order chi connectivity index (χ1) is 9.34. The molecule has 0 radical (unpaired) electrons. The standard InChI is InChI=1S/C12H13F2NO4S/c13-9-2-1-3-10(12(9)14)20(18,19)15(8-4-5-8)7-6-11(16)17/h1-3,8H,4-7H2,(H,16,17). The second-order valence-corrected chi connectivity index (χ2v) is 6.40. The van der Waals surface area contributed by atoms with Crippen molar-refractivity contribution in [2.24, 2.45) is 0 Å². The minimum atomic E-state index is -4.23. The van der Waals surface area contributed by atoms with Crippen LogP contribution in [-0.2, 0) is 14.8 Å². The van der Waals surface area contributed by atoms with Crippen molar-refractivity contribution in [3.05, 3.63) is 29.8 Å². The van der Waals surface area contributed by atoms with Crippen LogP contribution in [0.2, 0.25) is 0 Å². The topological polar surface area (TPSA) is 74.7 Å². The summed E-state index contributed by atoms with van der Waals surface area (Å²) in [5, 5.41) is 8.64. The molecule has 0 aromatic heterocycles. The van der Waals surface area contributed by atoms with Crippen LogP contribution in [0.25, 0.3) is 0 Å². The van der Waals surface area contributed by atoms with E-state index >= 15 is 0 Å². The Morgan fingerprint density at radius 1 is 1.35 bits per heavy atom. The molecule has 2 rings (SSSR count). The van der Waals surface area contributed by atoms with Crippen molar-refractivity contribution < 1.29 is 27.1 Å². The van der Waals surface area contributed by atoms with Crippen LogP contribution in [0.1, 0.15) is 19.3 Å². The molecule has 1 saturated carbocycles. The Kier molecular flexibility index (Phi) is 4.05. The lowest BCUT2D eigenvalue weighted by Gasteiger charge is -2.21. The molecular formula is C12H13F2NO4S. The van der Waals surface area contributed by atoms with E-state index in [1.165, 1.54) is 0 Å². The molecule has 0 aliphatic heterocycles. The summed E-state index contributed by atoms with van der Waals surface area (Å²) in [5.41, 5.74) is 0. The van der Waals surface area contributed by atoms with Crippen LogP contribution >= 0.6 is 0 Å². The number of carboxylic acid groups (broad SMARTS) is 1. The Balaban J connectivity index is 2.35. The van der Waals surface area contributed by atoms with Gasteiger partial charge in [-0.15, -0.1) is 0 Å². The summed E-state index contributed by atoms with van der Waals surface area (Å²) in [4.78, 5) is 9.82. The van der Waals surface area contributed by atoms with E-state index in [0.29, 0.717) is 12.8 Å². The fourth-order valence-electron chi connectivity index (χ4n) is 1.88. The molecule has 0 spiro atoms. The highest BCUT2D eigenvalue weighted by atomic mass is 32.2. The Labute approximate surface area is 114 Å². The lowest BCUT2D eigenvalue weighted by atomic mass is 10.3. The SMILES string of the molecule is O=C(O)CCN(C1CC1)S(=O)(=O)c1cccc(F)c1F. The Morgan fingerprint density at radius 3 is 2.55 bits per heavy atom. The number of hydrogen-bond donors (Lipinski definition) is 1. The van der Waals surface area contributed by atoms with E-state index in [0.717, 1.165) is 22.5 Å². The van der Waals surface area contributed by atoms with Gasteiger partial charge < -0.3 is 5.11 Å². The van der Waals surface area contributed by atoms with Crippen LogP contribution in [0.15, 0.2) is 23.1 Å². The van der Waals surface area contributed by atoms with Crippen molar-refractivity contribution in [1.82, 2.24) is 4.31 Å². The van der Waals surface area contributed by atoms with E-state index < -0.39 is 32.5 Å². The van der Waals surface area contributed by atoms with Crippen molar-refractivity contribution in [2.75, 3.05) is 6.54 Å². The van der Waals surface area contributed by atoms with Gasteiger partial charge in [-0.05, 0) is 25.0 Å². The number of nitrogens with zero attached hydrogens (tertiary/aromatic N) is 1. The number of benzene rings is 1. The fraction of sp³-hybridized carbons (Fsp3) is 0.417. The van der Waals surface area contributed by atoms with Gasteiger partial charge in [-0.25, -0.2) is 17.2 Å². The largest absolute Gasteiger partial charge is 0.481 e. The summed E-state index contributed by atoms with van der Waals surface area (Å²) in [6, 6.07) is 2.58. The Hall–Kier alpha value is -1.54. The highest BCUT2D eigenvalue weighted by molar-refractivity contribution is 7.89. The second kappa shape index (κ2) is 5.45. The van der Waals surface area contributed by atoms with Gasteiger partial charge in [0.1, 0.15) is 4.90 Å². The molecular weight excluding hydrogens is 292 g/mol. The lowest BCUT2D eigenvalue weighted by Crippen LogP contribution is -2.35. The number of hydrogen-bond acceptors (Lipinski definition) is 3. The molecule has 0 atom stereocenters. The summed E-state index contributed by atoms with van der Waals surface area (Å²) in [5.74, 6) is -3.83. The van der Waals surface area contributed by atoms with Gasteiger partial charge in [0.25, 0.3) is 0 Å². The van der Waals surface area contributed by atoms with Crippen LogP contribution < -0.4 is 0 Å². The van der Waals surface area contributed by atoms with Crippen LogP contribution in [0, 0.1) is 11.6 Å². The van der Waals surface area contributed by atoms with Gasteiger partial charge in [-0.3, -0.25) is 4.79 Å². The Morgan fingerprint density at radius 2 is 2.00 bits per heavy atom. The molecule has 1 aliphatic rings. The Bertz CT molecular complexity index is 628. The number of halogens is 2. The number of carbonyl (C=O) groups is 1. The normalized spacial score (nSPS) is 15.6. The smallest absolute Gasteiger partial charge is 0.304 e. The maximum absolute atomic E-state index is 13.6. The summed E-state index contributed by atoms with van der Waals surface area (Å²) in [7, 11) is -4.23. The molecule has 0 bridgehead atoms. The molecule has 0 amide bonds. The van der Waals surface area contributed by atoms with Crippen LogP contribution in [0.5, 0.6) is 0 Å². The first-order valence-corrected chi connectivity index (χ1v) is 7.45. The zero-order chi connectivity index (χ0) is 14.9. The molecule has 110 valence electrons. The molecule has 1 fully saturated rings. The molecule has 1 N–H and O–H groups in total. The van der Waals surface area contributed by atoms with Crippen LogP contribution in [-0.4, -0.2) is 36.4 Å². The number of sulfonamides is 1. The summed E-state index contributed by atoms with van der Waals surface area (Å²) < 4.78 is 52.4. The van der Waals surface area contributed by atoms with Gasteiger partial charge in [0, 0.05) is 12.6 Å². The number of carboxylic acids is 1. The van der Waals surface area contributed by atoms with E-state index in [1.54, 1.807) is 0 Å². The zero-order valence-electron chi connectivity index (χ0n) is 10.4. The predicted octanol–water partition coefficient (Wildman–Crippen LogP) is 1.59. The third-order valence-electron chi connectivity index (χ3n) is 3.00. The van der Waals surface area contributed by atoms with Gasteiger partial charge in [0.2, 0.25) is 10.0 Å². The van der Waals surface area contributed by atoms with E-state index in [4.69, 9.17) is 5.11 Å². The average molecular weight is 305 g/mol. The minimum Gasteiger partial charge on any atom is -0.481 e. The highest BCUT2D eigenvalue weighted by Gasteiger charge is 2.39. The molecule has 8 heteroatoms. The van der Waals surface area contributed by atoms with Gasteiger partial charge >= 0.3 is 5.97 Å². The van der Waals surface area contributed by atoms with Crippen molar-refractivity contribution in [3.63, 3.8) is 0 Å². The van der Waals surface area contributed by atoms with E-state index in [9.17, 15) is 22.0 Å². The predicted molar refractivity (Wildman–Crippen MR) is 65.5 cm³/mol. The van der Waals surface area contributed by atoms with Gasteiger partial charge in [0.15, 0.2) is 11.6 Å². The first kappa shape index (κ1) is 14.9. The van der Waals surface area contributed by atoms with Gasteiger partial charge in [0.05, 0.1) is 6.42 Å². The van der Waals surface area contributed by atoms with Crippen molar-refractivity contribution in [2.45, 2.75) is 30.2 Å².